The lowest BCUT2D eigenvalue weighted by Crippen LogP contribution is -2.10. The molecule has 0 fully saturated rings. The number of benzene rings is 6. The highest BCUT2D eigenvalue weighted by Gasteiger charge is 2.34. The van der Waals surface area contributed by atoms with Crippen molar-refractivity contribution in [2.75, 3.05) is 0 Å². The van der Waals surface area contributed by atoms with Crippen LogP contribution in [0, 0.1) is 12.7 Å². The normalized spacial score (nSPS) is 9.86. The van der Waals surface area contributed by atoms with Crippen LogP contribution in [-0.2, 0) is 6.18 Å². The predicted octanol–water partition coefficient (Wildman–Crippen LogP) is 16.6. The molecule has 6 nitrogen and oxygen atoms in total. The molecule has 0 aliphatic heterocycles. The third kappa shape index (κ3) is 22.9. The van der Waals surface area contributed by atoms with Crippen LogP contribution in [0.15, 0.2) is 144 Å². The summed E-state index contributed by atoms with van der Waals surface area (Å²) in [6.45, 7) is 1.86. The molecular formula is C44H26BrCl9F4O6. The number of hydrogen-bond donors (Lipinski definition) is 0. The Morgan fingerprint density at radius 2 is 0.891 bits per heavy atom. The van der Waals surface area contributed by atoms with Gasteiger partial charge >= 0.3 is 6.18 Å². The van der Waals surface area contributed by atoms with E-state index in [1.54, 1.807) is 48.5 Å². The molecule has 0 heterocycles. The number of carbonyl (C=O) groups excluding carboxylic acids is 6. The zero-order chi connectivity index (χ0) is 48.7. The Hall–Kier alpha value is -3.85. The molecule has 0 aromatic heterocycles. The Kier molecular flexibility index (Phi) is 26.9. The summed E-state index contributed by atoms with van der Waals surface area (Å²) in [5.74, 6) is -0.452. The number of rotatable bonds is 6. The third-order valence-electron chi connectivity index (χ3n) is 7.10. The number of halogens is 14. The molecule has 6 aromatic rings. The van der Waals surface area contributed by atoms with Crippen molar-refractivity contribution in [1.29, 1.82) is 0 Å². The minimum Gasteiger partial charge on any atom is -0.276 e. The van der Waals surface area contributed by atoms with Crippen molar-refractivity contribution in [2.45, 2.75) is 13.1 Å². The zero-order valence-electron chi connectivity index (χ0n) is 32.0. The van der Waals surface area contributed by atoms with Crippen LogP contribution in [0.2, 0.25) is 15.1 Å². The predicted molar refractivity (Wildman–Crippen MR) is 252 cm³/mol. The average Bonchev–Trinajstić information content (AvgIpc) is 3.22. The van der Waals surface area contributed by atoms with Gasteiger partial charge in [0.1, 0.15) is 5.82 Å². The first-order valence-corrected chi connectivity index (χ1v) is 21.2. The van der Waals surface area contributed by atoms with E-state index in [1.165, 1.54) is 54.6 Å². The molecule has 6 rings (SSSR count). The maximum absolute atomic E-state index is 12.3. The van der Waals surface area contributed by atoms with Gasteiger partial charge in [0.15, 0.2) is 0 Å². The van der Waals surface area contributed by atoms with Gasteiger partial charge in [-0.1, -0.05) is 105 Å². The quantitative estimate of drug-likeness (QED) is 0.122. The standard InChI is InChI=1S/C8H4ClF3O.C8H7ClO.C7H4BrClO.C7H3Cl3O.C7H4Cl2O.C7H4ClFO/c9-7(13)5-3-1-2-4-6(5)8(10,11)12;1-6-4-2-3-5-7(6)8(9)10;8-6-3-1-2-5(4-6)7(9)10;8-5-2-1-4(7(10)11)3-6(5)9;8-6-3-1-2-5(4-6)7(9)10;8-7(10)5-2-1-3-6(9)4-5/h1-4H;2-5H,1H3;1-4H;1-3H;2*1-4H. The monoisotopic (exact) mass is 1120 g/mol. The van der Waals surface area contributed by atoms with Gasteiger partial charge in [-0.2, -0.15) is 13.2 Å². The molecule has 64 heavy (non-hydrogen) atoms. The first kappa shape index (κ1) is 58.2. The second kappa shape index (κ2) is 29.6. The highest BCUT2D eigenvalue weighted by Crippen LogP contribution is 2.32. The summed E-state index contributed by atoms with van der Waals surface area (Å²) in [6.07, 6.45) is -4.54. The van der Waals surface area contributed by atoms with Crippen LogP contribution < -0.4 is 0 Å². The first-order valence-electron chi connectivity index (χ1n) is 17.0. The number of aryl methyl sites for hydroxylation is 1. The van der Waals surface area contributed by atoms with Gasteiger partial charge in [0.25, 0.3) is 31.5 Å². The summed E-state index contributed by atoms with van der Waals surface area (Å²) in [7, 11) is 0. The van der Waals surface area contributed by atoms with E-state index < -0.39 is 54.6 Å². The van der Waals surface area contributed by atoms with Crippen molar-refractivity contribution >= 4 is 152 Å². The number of alkyl halides is 3. The van der Waals surface area contributed by atoms with Crippen molar-refractivity contribution < 1.29 is 46.3 Å². The third-order valence-corrected chi connectivity index (χ3v) is 9.85. The SMILES string of the molecule is Cc1ccccc1C(=O)Cl.O=C(Cl)c1ccc(Cl)c(Cl)c1.O=C(Cl)c1cccc(Br)c1.O=C(Cl)c1cccc(Cl)c1.O=C(Cl)c1cccc(F)c1.O=C(Cl)c1ccccc1C(F)(F)F. The van der Waals surface area contributed by atoms with E-state index in [-0.39, 0.29) is 5.56 Å². The summed E-state index contributed by atoms with van der Waals surface area (Å²) in [6, 6.07) is 34.8. The number of hydrogen-bond acceptors (Lipinski definition) is 6. The highest BCUT2D eigenvalue weighted by atomic mass is 79.9. The molecule has 0 bridgehead atoms. The van der Waals surface area contributed by atoms with Crippen LogP contribution in [0.25, 0.3) is 0 Å². The average molecular weight is 1130 g/mol. The molecule has 0 aliphatic rings. The van der Waals surface area contributed by atoms with Gasteiger partial charge in [-0.25, -0.2) is 4.39 Å². The summed E-state index contributed by atoms with van der Waals surface area (Å²) < 4.78 is 49.8. The topological polar surface area (TPSA) is 102 Å². The number of carbonyl (C=O) groups is 6. The van der Waals surface area contributed by atoms with Gasteiger partial charge in [0, 0.05) is 42.9 Å². The molecule has 0 saturated heterocycles. The Labute approximate surface area is 417 Å². The molecule has 336 valence electrons. The maximum atomic E-state index is 12.3. The van der Waals surface area contributed by atoms with E-state index >= 15 is 0 Å². The summed E-state index contributed by atoms with van der Waals surface area (Å²) in [5.41, 5.74) is 1.45. The highest BCUT2D eigenvalue weighted by molar-refractivity contribution is 9.10. The van der Waals surface area contributed by atoms with Crippen LogP contribution in [0.3, 0.4) is 0 Å². The molecule has 0 saturated carbocycles. The van der Waals surface area contributed by atoms with Gasteiger partial charge in [0.05, 0.1) is 15.6 Å². The van der Waals surface area contributed by atoms with Gasteiger partial charge < -0.3 is 0 Å². The smallest absolute Gasteiger partial charge is 0.276 e. The molecule has 0 atom stereocenters. The van der Waals surface area contributed by atoms with Gasteiger partial charge in [-0.05, 0) is 167 Å². The second-order valence-electron chi connectivity index (χ2n) is 11.7. The van der Waals surface area contributed by atoms with Crippen molar-refractivity contribution in [3.05, 3.63) is 209 Å². The lowest BCUT2D eigenvalue weighted by molar-refractivity contribution is -0.137. The first-order chi connectivity index (χ1) is 29.8. The molecule has 0 N–H and O–H groups in total. The van der Waals surface area contributed by atoms with Crippen molar-refractivity contribution in [1.82, 2.24) is 0 Å². The molecule has 0 unspecified atom stereocenters. The summed E-state index contributed by atoms with van der Waals surface area (Å²) in [4.78, 5) is 63.2. The maximum Gasteiger partial charge on any atom is 0.417 e. The van der Waals surface area contributed by atoms with E-state index in [4.69, 9.17) is 104 Å². The van der Waals surface area contributed by atoms with Crippen molar-refractivity contribution in [2.24, 2.45) is 0 Å². The minimum atomic E-state index is -4.54. The van der Waals surface area contributed by atoms with Gasteiger partial charge in [0.2, 0.25) is 0 Å². The fraction of sp³-hybridized carbons (Fsp3) is 0.0455. The summed E-state index contributed by atoms with van der Waals surface area (Å²) >= 11 is 50.9. The van der Waals surface area contributed by atoms with Crippen molar-refractivity contribution in [3.63, 3.8) is 0 Å². The molecule has 0 aliphatic carbocycles. The molecular weight excluding hydrogens is 1100 g/mol. The van der Waals surface area contributed by atoms with E-state index in [0.717, 1.165) is 28.2 Å². The Morgan fingerprint density at radius 3 is 1.25 bits per heavy atom. The Balaban J connectivity index is 0.000000385. The molecule has 6 aromatic carbocycles. The summed E-state index contributed by atoms with van der Waals surface area (Å²) in [5, 5.41) is -2.32. The van der Waals surface area contributed by atoms with Crippen molar-refractivity contribution in [3.8, 4) is 0 Å². The largest absolute Gasteiger partial charge is 0.417 e. The second-order valence-corrected chi connectivity index (χ2v) is 15.9. The van der Waals surface area contributed by atoms with Crippen LogP contribution in [0.5, 0.6) is 0 Å². The van der Waals surface area contributed by atoms with E-state index in [9.17, 15) is 46.3 Å². The van der Waals surface area contributed by atoms with Gasteiger partial charge in [-0.3, -0.25) is 28.8 Å². The van der Waals surface area contributed by atoms with Crippen LogP contribution >= 0.6 is 120 Å². The molecule has 0 amide bonds. The minimum absolute atomic E-state index is 0.182. The zero-order valence-corrected chi connectivity index (χ0v) is 40.4. The van der Waals surface area contributed by atoms with Crippen LogP contribution in [0.1, 0.15) is 73.3 Å². The van der Waals surface area contributed by atoms with Gasteiger partial charge in [-0.15, -0.1) is 0 Å². The van der Waals surface area contributed by atoms with E-state index in [0.29, 0.717) is 37.3 Å². The fourth-order valence-electron chi connectivity index (χ4n) is 4.15. The molecule has 0 radical (unpaired) electrons. The van der Waals surface area contributed by atoms with E-state index in [1.807, 2.05) is 25.1 Å². The Bertz CT molecular complexity index is 2440. The fourth-order valence-corrected chi connectivity index (χ4v) is 5.88. The lowest BCUT2D eigenvalue weighted by Gasteiger charge is -2.08. The van der Waals surface area contributed by atoms with Crippen LogP contribution in [0.4, 0.5) is 17.6 Å². The molecule has 20 heteroatoms. The molecule has 0 spiro atoms. The Morgan fingerprint density at radius 1 is 0.453 bits per heavy atom. The van der Waals surface area contributed by atoms with Crippen LogP contribution in [-0.4, -0.2) is 31.5 Å². The van der Waals surface area contributed by atoms with E-state index in [2.05, 4.69) is 15.9 Å². The lowest BCUT2D eigenvalue weighted by atomic mass is 10.1.